The Bertz CT molecular complexity index is 339. The van der Waals surface area contributed by atoms with Gasteiger partial charge in [-0.1, -0.05) is 0 Å². The van der Waals surface area contributed by atoms with E-state index in [-0.39, 0.29) is 11.8 Å². The number of likely N-dealkylation sites (tertiary alicyclic amines) is 1. The lowest BCUT2D eigenvalue weighted by Crippen LogP contribution is -2.38. The van der Waals surface area contributed by atoms with Crippen molar-refractivity contribution in [2.75, 3.05) is 34.2 Å². The molecule has 1 fully saturated rings. The zero-order chi connectivity index (χ0) is 11.6. The number of carbonyl (C=O) groups is 1. The van der Waals surface area contributed by atoms with Crippen LogP contribution in [0.4, 0.5) is 0 Å². The second kappa shape index (κ2) is 4.46. The van der Waals surface area contributed by atoms with E-state index in [1.54, 1.807) is 11.9 Å². The molecule has 1 amide bonds. The number of rotatable bonds is 4. The van der Waals surface area contributed by atoms with Gasteiger partial charge in [0.1, 0.15) is 0 Å². The van der Waals surface area contributed by atoms with Gasteiger partial charge in [-0.3, -0.25) is 4.79 Å². The van der Waals surface area contributed by atoms with Gasteiger partial charge in [0.2, 0.25) is 5.91 Å². The third-order valence-electron chi connectivity index (χ3n) is 2.46. The third-order valence-corrected chi connectivity index (χ3v) is 3.95. The molecule has 1 N–H and O–H groups in total. The maximum Gasteiger partial charge on any atom is 0.278 e. The zero-order valence-electron chi connectivity index (χ0n) is 9.23. The van der Waals surface area contributed by atoms with Crippen molar-refractivity contribution in [1.82, 2.24) is 13.9 Å². The number of nitrogens with one attached hydrogen (secondary N) is 1. The smallest absolute Gasteiger partial charge is 0.278 e. The summed E-state index contributed by atoms with van der Waals surface area (Å²) < 4.78 is 26.3. The van der Waals surface area contributed by atoms with Crippen LogP contribution in [0.1, 0.15) is 6.42 Å². The van der Waals surface area contributed by atoms with Gasteiger partial charge in [-0.05, 0) is 5.92 Å². The Kier molecular flexibility index (Phi) is 3.69. The van der Waals surface area contributed by atoms with E-state index in [4.69, 9.17) is 0 Å². The molecule has 1 aliphatic heterocycles. The predicted octanol–water partition coefficient (Wildman–Crippen LogP) is -1.14. The number of amides is 1. The monoisotopic (exact) mass is 235 g/mol. The third kappa shape index (κ3) is 3.15. The summed E-state index contributed by atoms with van der Waals surface area (Å²) in [5.74, 6) is 0.154. The lowest BCUT2D eigenvalue weighted by atomic mass is 10.1. The van der Waals surface area contributed by atoms with Crippen molar-refractivity contribution in [3.63, 3.8) is 0 Å². The Hall–Kier alpha value is -0.660. The van der Waals surface area contributed by atoms with Crippen LogP contribution in [0.3, 0.4) is 0 Å². The van der Waals surface area contributed by atoms with E-state index in [0.717, 1.165) is 4.31 Å². The summed E-state index contributed by atoms with van der Waals surface area (Å²) >= 11 is 0. The summed E-state index contributed by atoms with van der Waals surface area (Å²) in [5.41, 5.74) is 0. The molecule has 0 aromatic carbocycles. The number of nitrogens with zero attached hydrogens (tertiary/aromatic N) is 2. The SMILES string of the molecule is CN1CC(CNS(=O)(=O)N(C)C)CC1=O. The quantitative estimate of drug-likeness (QED) is 0.669. The molecule has 1 rings (SSSR count). The minimum Gasteiger partial charge on any atom is -0.345 e. The summed E-state index contributed by atoms with van der Waals surface area (Å²) in [6.45, 7) is 0.936. The van der Waals surface area contributed by atoms with Crippen molar-refractivity contribution in [2.24, 2.45) is 5.92 Å². The van der Waals surface area contributed by atoms with E-state index in [1.807, 2.05) is 0 Å². The maximum atomic E-state index is 11.4. The molecular formula is C8H17N3O3S. The van der Waals surface area contributed by atoms with Crippen molar-refractivity contribution in [1.29, 1.82) is 0 Å². The molecule has 0 saturated carbocycles. The highest BCUT2D eigenvalue weighted by Gasteiger charge is 2.27. The lowest BCUT2D eigenvalue weighted by molar-refractivity contribution is -0.126. The van der Waals surface area contributed by atoms with Crippen molar-refractivity contribution in [2.45, 2.75) is 6.42 Å². The molecule has 15 heavy (non-hydrogen) atoms. The summed E-state index contributed by atoms with van der Waals surface area (Å²) in [5, 5.41) is 0. The first-order chi connectivity index (χ1) is 6.83. The van der Waals surface area contributed by atoms with Crippen molar-refractivity contribution < 1.29 is 13.2 Å². The van der Waals surface area contributed by atoms with Crippen LogP contribution in [-0.2, 0) is 15.0 Å². The fraction of sp³-hybridized carbons (Fsp3) is 0.875. The van der Waals surface area contributed by atoms with Crippen molar-refractivity contribution >= 4 is 16.1 Å². The first kappa shape index (κ1) is 12.4. The van der Waals surface area contributed by atoms with Gasteiger partial charge in [-0.2, -0.15) is 12.7 Å². The average Bonchev–Trinajstić information content (AvgIpc) is 2.43. The van der Waals surface area contributed by atoms with E-state index in [2.05, 4.69) is 4.72 Å². The molecule has 6 nitrogen and oxygen atoms in total. The highest BCUT2D eigenvalue weighted by Crippen LogP contribution is 2.14. The molecule has 0 aromatic rings. The van der Waals surface area contributed by atoms with Gasteiger partial charge in [0.05, 0.1) is 0 Å². The zero-order valence-corrected chi connectivity index (χ0v) is 10.0. The largest absolute Gasteiger partial charge is 0.345 e. The fourth-order valence-corrected chi connectivity index (χ4v) is 2.15. The first-order valence-electron chi connectivity index (χ1n) is 4.74. The molecule has 0 radical (unpaired) electrons. The summed E-state index contributed by atoms with van der Waals surface area (Å²) in [4.78, 5) is 12.8. The van der Waals surface area contributed by atoms with E-state index in [9.17, 15) is 13.2 Å². The second-order valence-corrected chi connectivity index (χ2v) is 5.95. The Labute approximate surface area is 90.4 Å². The Morgan fingerprint density at radius 2 is 2.13 bits per heavy atom. The fourth-order valence-electron chi connectivity index (χ4n) is 1.45. The van der Waals surface area contributed by atoms with Gasteiger partial charge < -0.3 is 4.90 Å². The lowest BCUT2D eigenvalue weighted by Gasteiger charge is -2.15. The molecule has 0 aromatic heterocycles. The number of hydrogen-bond acceptors (Lipinski definition) is 3. The Morgan fingerprint density at radius 3 is 2.53 bits per heavy atom. The molecule has 1 atom stereocenters. The summed E-state index contributed by atoms with van der Waals surface area (Å²) in [6, 6.07) is 0. The predicted molar refractivity (Wildman–Crippen MR) is 56.4 cm³/mol. The molecule has 0 aliphatic carbocycles. The number of carbonyl (C=O) groups excluding carboxylic acids is 1. The molecule has 0 spiro atoms. The molecule has 1 aliphatic rings. The highest BCUT2D eigenvalue weighted by molar-refractivity contribution is 7.87. The highest BCUT2D eigenvalue weighted by atomic mass is 32.2. The minimum atomic E-state index is -3.37. The van der Waals surface area contributed by atoms with Crippen LogP contribution in [0.2, 0.25) is 0 Å². The molecular weight excluding hydrogens is 218 g/mol. The van der Waals surface area contributed by atoms with Gasteiger partial charge in [0.15, 0.2) is 0 Å². The van der Waals surface area contributed by atoms with Gasteiger partial charge in [-0.15, -0.1) is 0 Å². The summed E-state index contributed by atoms with van der Waals surface area (Å²) in [6.07, 6.45) is 0.423. The van der Waals surface area contributed by atoms with Gasteiger partial charge in [0, 0.05) is 40.7 Å². The second-order valence-electron chi connectivity index (χ2n) is 3.98. The number of hydrogen-bond donors (Lipinski definition) is 1. The normalized spacial score (nSPS) is 22.8. The van der Waals surface area contributed by atoms with Crippen LogP contribution < -0.4 is 4.72 Å². The van der Waals surface area contributed by atoms with E-state index in [1.165, 1.54) is 14.1 Å². The Balaban J connectivity index is 2.43. The van der Waals surface area contributed by atoms with Crippen LogP contribution in [0.5, 0.6) is 0 Å². The van der Waals surface area contributed by atoms with Gasteiger partial charge in [0.25, 0.3) is 10.2 Å². The van der Waals surface area contributed by atoms with Crippen LogP contribution in [0.15, 0.2) is 0 Å². The van der Waals surface area contributed by atoms with Gasteiger partial charge in [-0.25, -0.2) is 4.72 Å². The van der Waals surface area contributed by atoms with E-state index >= 15 is 0 Å². The van der Waals surface area contributed by atoms with Crippen LogP contribution in [0, 0.1) is 5.92 Å². The molecule has 1 heterocycles. The standard InChI is InChI=1S/C8H17N3O3S/c1-10(2)15(13,14)9-5-7-4-8(12)11(3)6-7/h7,9H,4-6H2,1-3H3. The topological polar surface area (TPSA) is 69.7 Å². The minimum absolute atomic E-state index is 0.0732. The van der Waals surface area contributed by atoms with E-state index < -0.39 is 10.2 Å². The molecule has 7 heteroatoms. The summed E-state index contributed by atoms with van der Waals surface area (Å²) in [7, 11) is 1.29. The van der Waals surface area contributed by atoms with Gasteiger partial charge >= 0.3 is 0 Å². The molecule has 1 unspecified atom stereocenters. The first-order valence-corrected chi connectivity index (χ1v) is 6.18. The maximum absolute atomic E-state index is 11.4. The van der Waals surface area contributed by atoms with E-state index in [0.29, 0.717) is 19.5 Å². The van der Waals surface area contributed by atoms with Crippen LogP contribution in [-0.4, -0.2) is 57.8 Å². The Morgan fingerprint density at radius 1 is 1.53 bits per heavy atom. The van der Waals surface area contributed by atoms with Crippen LogP contribution in [0.25, 0.3) is 0 Å². The molecule has 1 saturated heterocycles. The molecule has 88 valence electrons. The average molecular weight is 235 g/mol. The molecule has 0 bridgehead atoms. The van der Waals surface area contributed by atoms with Crippen molar-refractivity contribution in [3.05, 3.63) is 0 Å². The van der Waals surface area contributed by atoms with Crippen molar-refractivity contribution in [3.8, 4) is 0 Å². The van der Waals surface area contributed by atoms with Crippen LogP contribution >= 0.6 is 0 Å².